The lowest BCUT2D eigenvalue weighted by molar-refractivity contribution is -0.627. The molecule has 0 amide bonds. The average molecular weight is 613 g/mol. The molecule has 1 aromatic carbocycles. The molecule has 0 aliphatic carbocycles. The van der Waals surface area contributed by atoms with Gasteiger partial charge in [-0.05, 0) is 18.1 Å². The second-order valence-corrected chi connectivity index (χ2v) is 12.3. The van der Waals surface area contributed by atoms with E-state index in [1.807, 2.05) is 31.3 Å². The maximum absolute atomic E-state index is 12.0. The minimum atomic E-state index is -2.00. The largest absolute Gasteiger partial charge is 0.493 e. The summed E-state index contributed by atoms with van der Waals surface area (Å²) in [5, 5.41) is 2.06. The number of carbonyl (C=O) groups excluding carboxylic acids is 1. The van der Waals surface area contributed by atoms with Crippen molar-refractivity contribution in [2.75, 3.05) is 33.4 Å². The maximum Gasteiger partial charge on any atom is 0.329 e. The van der Waals surface area contributed by atoms with Gasteiger partial charge in [-0.3, -0.25) is 4.79 Å². The number of hydrogen-bond acceptors (Lipinski definition) is 6. The van der Waals surface area contributed by atoms with Gasteiger partial charge >= 0.3 is 14.6 Å². The summed E-state index contributed by atoms with van der Waals surface area (Å²) in [6.45, 7) is 6.15. The van der Waals surface area contributed by atoms with E-state index in [0.29, 0.717) is 19.6 Å². The van der Waals surface area contributed by atoms with Crippen LogP contribution in [0, 0.1) is 0 Å². The third-order valence-electron chi connectivity index (χ3n) is 7.47. The number of esters is 1. The van der Waals surface area contributed by atoms with E-state index in [0.717, 1.165) is 30.7 Å². The SMILES string of the molecule is CCCCCCCCCCCCCCCCCCOc1ccccc1CC(COP(O)OCCC[NH2+]C)OC(=O)CC. The summed E-state index contributed by atoms with van der Waals surface area (Å²) < 4.78 is 22.6. The van der Waals surface area contributed by atoms with Crippen molar-refractivity contribution in [3.63, 3.8) is 0 Å². The number of carbonyl (C=O) groups is 1. The monoisotopic (exact) mass is 612 g/mol. The van der Waals surface area contributed by atoms with Gasteiger partial charge in [-0.2, -0.15) is 0 Å². The van der Waals surface area contributed by atoms with Gasteiger partial charge in [-0.25, -0.2) is 0 Å². The zero-order valence-corrected chi connectivity index (χ0v) is 28.1. The Morgan fingerprint density at radius 1 is 0.786 bits per heavy atom. The summed E-state index contributed by atoms with van der Waals surface area (Å²) in [4.78, 5) is 22.1. The molecule has 3 N–H and O–H groups in total. The molecule has 244 valence electrons. The third kappa shape index (κ3) is 22.3. The van der Waals surface area contributed by atoms with Gasteiger partial charge in [0, 0.05) is 19.3 Å². The second-order valence-electron chi connectivity index (χ2n) is 11.3. The number of benzene rings is 1. The molecule has 0 aliphatic heterocycles. The fourth-order valence-corrected chi connectivity index (χ4v) is 5.56. The Balaban J connectivity index is 2.23. The maximum atomic E-state index is 12.0. The standard InChI is InChI=1S/C34H62NO6P/c1-4-6-7-8-9-10-11-12-13-14-15-16-17-18-19-22-27-38-33-25-21-20-24-31(33)29-32(41-34(36)5-2)30-40-42(37)39-28-23-26-35-3/h20-21,24-25,32,35,37H,4-19,22-23,26-30H2,1-3H3/p+1. The number of quaternary nitrogens is 1. The molecule has 0 bridgehead atoms. The Morgan fingerprint density at radius 2 is 1.36 bits per heavy atom. The summed E-state index contributed by atoms with van der Waals surface area (Å²) >= 11 is 0. The summed E-state index contributed by atoms with van der Waals surface area (Å²) in [7, 11) is -0.0110. The zero-order valence-electron chi connectivity index (χ0n) is 27.2. The fourth-order valence-electron chi connectivity index (χ4n) is 4.91. The van der Waals surface area contributed by atoms with Crippen LogP contribution in [0.4, 0.5) is 0 Å². The normalized spacial score (nSPS) is 12.8. The molecule has 0 spiro atoms. The Kier molecular flexibility index (Phi) is 26.3. The van der Waals surface area contributed by atoms with Crippen LogP contribution in [0.25, 0.3) is 0 Å². The number of para-hydroxylation sites is 1. The summed E-state index contributed by atoms with van der Waals surface area (Å²) in [5.74, 6) is 0.520. The van der Waals surface area contributed by atoms with Crippen molar-refractivity contribution in [1.29, 1.82) is 0 Å². The molecular weight excluding hydrogens is 549 g/mol. The molecule has 0 heterocycles. The first kappa shape index (κ1) is 38.8. The first-order valence-corrected chi connectivity index (χ1v) is 18.2. The number of nitrogens with two attached hydrogens (primary N) is 1. The van der Waals surface area contributed by atoms with Crippen molar-refractivity contribution < 1.29 is 33.5 Å². The van der Waals surface area contributed by atoms with Crippen LogP contribution in [0.15, 0.2) is 24.3 Å². The fraction of sp³-hybridized carbons (Fsp3) is 0.794. The Bertz CT molecular complexity index is 752. The van der Waals surface area contributed by atoms with Crippen molar-refractivity contribution in [2.45, 2.75) is 142 Å². The van der Waals surface area contributed by atoms with Gasteiger partial charge in [0.1, 0.15) is 11.9 Å². The van der Waals surface area contributed by atoms with Crippen LogP contribution in [0.5, 0.6) is 5.75 Å². The molecule has 0 aromatic heterocycles. The first-order chi connectivity index (χ1) is 20.6. The highest BCUT2D eigenvalue weighted by Crippen LogP contribution is 2.33. The van der Waals surface area contributed by atoms with Crippen LogP contribution in [0.1, 0.15) is 135 Å². The minimum Gasteiger partial charge on any atom is -0.493 e. The van der Waals surface area contributed by atoms with Crippen LogP contribution < -0.4 is 10.1 Å². The Morgan fingerprint density at radius 3 is 1.93 bits per heavy atom. The number of unbranched alkanes of at least 4 members (excludes halogenated alkanes) is 15. The molecule has 1 rings (SSSR count). The molecule has 2 unspecified atom stereocenters. The topological polar surface area (TPSA) is 90.8 Å². The quantitative estimate of drug-likeness (QED) is 0.0519. The van der Waals surface area contributed by atoms with Crippen molar-refractivity contribution in [3.05, 3.63) is 29.8 Å². The van der Waals surface area contributed by atoms with E-state index in [2.05, 4.69) is 12.2 Å². The minimum absolute atomic E-state index is 0.0707. The van der Waals surface area contributed by atoms with Crippen molar-refractivity contribution in [2.24, 2.45) is 0 Å². The molecule has 2 atom stereocenters. The molecule has 1 aromatic rings. The van der Waals surface area contributed by atoms with Crippen LogP contribution in [-0.4, -0.2) is 50.4 Å². The Hall–Kier alpha value is -1.24. The Labute approximate surface area is 258 Å². The summed E-state index contributed by atoms with van der Waals surface area (Å²) in [6.07, 6.45) is 22.6. The average Bonchev–Trinajstić information content (AvgIpc) is 3.00. The van der Waals surface area contributed by atoms with Gasteiger partial charge in [-0.15, -0.1) is 0 Å². The smallest absolute Gasteiger partial charge is 0.329 e. The molecule has 0 radical (unpaired) electrons. The van der Waals surface area contributed by atoms with Crippen LogP contribution in [0.3, 0.4) is 0 Å². The predicted octanol–water partition coefficient (Wildman–Crippen LogP) is 8.03. The molecule has 42 heavy (non-hydrogen) atoms. The molecule has 0 aliphatic rings. The highest BCUT2D eigenvalue weighted by atomic mass is 31.2. The number of ether oxygens (including phenoxy) is 2. The highest BCUT2D eigenvalue weighted by molar-refractivity contribution is 7.40. The first-order valence-electron chi connectivity index (χ1n) is 17.0. The lowest BCUT2D eigenvalue weighted by Crippen LogP contribution is -2.79. The van der Waals surface area contributed by atoms with E-state index in [9.17, 15) is 9.69 Å². The predicted molar refractivity (Wildman–Crippen MR) is 174 cm³/mol. The van der Waals surface area contributed by atoms with E-state index >= 15 is 0 Å². The van der Waals surface area contributed by atoms with E-state index < -0.39 is 14.7 Å². The molecule has 0 saturated heterocycles. The third-order valence-corrected chi connectivity index (χ3v) is 8.25. The lowest BCUT2D eigenvalue weighted by Gasteiger charge is -2.20. The highest BCUT2D eigenvalue weighted by Gasteiger charge is 2.20. The summed E-state index contributed by atoms with van der Waals surface area (Å²) in [5.41, 5.74) is 0.966. The van der Waals surface area contributed by atoms with E-state index in [-0.39, 0.29) is 19.0 Å². The van der Waals surface area contributed by atoms with Crippen LogP contribution in [0.2, 0.25) is 0 Å². The molecule has 0 saturated carbocycles. The van der Waals surface area contributed by atoms with Crippen LogP contribution in [-0.2, 0) is 25.0 Å². The van der Waals surface area contributed by atoms with Gasteiger partial charge in [-0.1, -0.05) is 128 Å². The molecule has 7 nitrogen and oxygen atoms in total. The lowest BCUT2D eigenvalue weighted by atomic mass is 10.0. The van der Waals surface area contributed by atoms with Gasteiger partial charge in [0.15, 0.2) is 0 Å². The van der Waals surface area contributed by atoms with Crippen LogP contribution >= 0.6 is 8.60 Å². The van der Waals surface area contributed by atoms with Gasteiger partial charge in [0.2, 0.25) is 0 Å². The van der Waals surface area contributed by atoms with Crippen molar-refractivity contribution in [1.82, 2.24) is 0 Å². The van der Waals surface area contributed by atoms with Crippen molar-refractivity contribution in [3.8, 4) is 5.75 Å². The van der Waals surface area contributed by atoms with Gasteiger partial charge < -0.3 is 28.7 Å². The van der Waals surface area contributed by atoms with Gasteiger partial charge in [0.25, 0.3) is 0 Å². The van der Waals surface area contributed by atoms with E-state index in [4.69, 9.17) is 18.5 Å². The second kappa shape index (κ2) is 28.5. The summed E-state index contributed by atoms with van der Waals surface area (Å²) in [6, 6.07) is 7.89. The van der Waals surface area contributed by atoms with E-state index in [1.54, 1.807) is 6.92 Å². The van der Waals surface area contributed by atoms with E-state index in [1.165, 1.54) is 96.3 Å². The molecule has 0 fully saturated rings. The number of hydrogen-bond donors (Lipinski definition) is 2. The zero-order chi connectivity index (χ0) is 30.5. The van der Waals surface area contributed by atoms with Gasteiger partial charge in [0.05, 0.1) is 33.4 Å². The number of rotatable bonds is 30. The molecular formula is C34H63NO6P+. The van der Waals surface area contributed by atoms with Crippen molar-refractivity contribution >= 4 is 14.6 Å². The molecule has 8 heteroatoms.